The first-order valence-corrected chi connectivity index (χ1v) is 5.35. The van der Waals surface area contributed by atoms with Crippen molar-refractivity contribution in [2.45, 2.75) is 18.0 Å². The summed E-state index contributed by atoms with van der Waals surface area (Å²) in [6.45, 7) is 0. The molecule has 0 aliphatic carbocycles. The molecule has 118 valence electrons. The van der Waals surface area contributed by atoms with Crippen molar-refractivity contribution in [3.63, 3.8) is 0 Å². The molecule has 0 spiro atoms. The molecule has 0 aromatic heterocycles. The zero-order valence-corrected chi connectivity index (χ0v) is 11.4. The second-order valence-corrected chi connectivity index (χ2v) is 3.84. The first-order chi connectivity index (χ1) is 9.11. The minimum atomic E-state index is -5.81. The predicted molar refractivity (Wildman–Crippen MR) is 60.1 cm³/mol. The molecule has 0 radical (unpaired) electrons. The van der Waals surface area contributed by atoms with E-state index in [1.165, 1.54) is 0 Å². The Bertz CT molecular complexity index is 452. The molecule has 0 aliphatic heterocycles. The van der Waals surface area contributed by atoms with E-state index < -0.39 is 23.5 Å². The van der Waals surface area contributed by atoms with Gasteiger partial charge in [-0.1, -0.05) is 0 Å². The Kier molecular flexibility index (Phi) is 6.73. The third-order valence-electron chi connectivity index (χ3n) is 2.46. The van der Waals surface area contributed by atoms with Gasteiger partial charge in [0.2, 0.25) is 5.60 Å². The number of alkyl halides is 6. The fourth-order valence-corrected chi connectivity index (χ4v) is 1.42. The van der Waals surface area contributed by atoms with Crippen molar-refractivity contribution in [2.24, 2.45) is 0 Å². The van der Waals surface area contributed by atoms with Crippen LogP contribution in [0.1, 0.15) is 5.56 Å². The summed E-state index contributed by atoms with van der Waals surface area (Å²) in [5.74, 6) is 0. The molecule has 1 nitrogen and oxygen atoms in total. The fourth-order valence-electron chi connectivity index (χ4n) is 1.42. The van der Waals surface area contributed by atoms with Crippen molar-refractivity contribution in [3.8, 4) is 0 Å². The number of hydrogen-bond donors (Lipinski definition) is 1. The average molecular weight is 352 g/mol. The maximum atomic E-state index is 12.2. The monoisotopic (exact) mass is 352 g/mol. The number of rotatable bonds is 1. The summed E-state index contributed by atoms with van der Waals surface area (Å²) in [6, 6.07) is 13.1. The minimum absolute atomic E-state index is 0. The van der Waals surface area contributed by atoms with Gasteiger partial charge in [0.15, 0.2) is 0 Å². The molecule has 0 saturated heterocycles. The Morgan fingerprint density at radius 3 is 1.38 bits per heavy atom. The smallest absolute Gasteiger partial charge is 0.381 e. The molecule has 0 amide bonds. The average Bonchev–Trinajstić information content (AvgIpc) is 3.01. The largest absolute Gasteiger partial charge is 2.00 e. The number of hydrogen-bond acceptors (Lipinski definition) is 1. The Balaban J connectivity index is 0.000000562. The number of halogens is 6. The van der Waals surface area contributed by atoms with Crippen LogP contribution in [0, 0.1) is 0 Å². The molecule has 1 N–H and O–H groups in total. The Morgan fingerprint density at radius 1 is 0.762 bits per heavy atom. The van der Waals surface area contributed by atoms with E-state index in [4.69, 9.17) is 5.11 Å². The Labute approximate surface area is 127 Å². The van der Waals surface area contributed by atoms with Gasteiger partial charge in [-0.2, -0.15) is 56.7 Å². The van der Waals surface area contributed by atoms with E-state index in [2.05, 4.69) is 0 Å². The molecule has 0 aliphatic rings. The van der Waals surface area contributed by atoms with Crippen molar-refractivity contribution >= 4 is 0 Å². The Hall–Kier alpha value is -1.24. The first kappa shape index (κ1) is 19.8. The normalized spacial score (nSPS) is 12.1. The van der Waals surface area contributed by atoms with Gasteiger partial charge in [0.1, 0.15) is 0 Å². The second-order valence-electron chi connectivity index (χ2n) is 3.84. The van der Waals surface area contributed by atoms with E-state index in [1.54, 1.807) is 0 Å². The van der Waals surface area contributed by atoms with Gasteiger partial charge in [-0.25, -0.2) is 24.3 Å². The number of aliphatic hydroxyl groups is 1. The molecule has 2 aromatic carbocycles. The molecule has 8 heteroatoms. The molecule has 0 atom stereocenters. The van der Waals surface area contributed by atoms with E-state index in [9.17, 15) is 26.3 Å². The summed E-state index contributed by atoms with van der Waals surface area (Å²) in [5.41, 5.74) is -6.04. The van der Waals surface area contributed by atoms with E-state index in [-0.39, 0.29) is 17.1 Å². The van der Waals surface area contributed by atoms with Crippen molar-refractivity contribution in [3.05, 3.63) is 60.2 Å². The van der Waals surface area contributed by atoms with Crippen LogP contribution in [0.2, 0.25) is 0 Å². The molecule has 0 bridgehead atoms. The van der Waals surface area contributed by atoms with Gasteiger partial charge in [0.25, 0.3) is 0 Å². The maximum absolute atomic E-state index is 12.2. The van der Waals surface area contributed by atoms with Gasteiger partial charge in [-0.15, -0.1) is 5.56 Å². The van der Waals surface area contributed by atoms with Crippen LogP contribution in [-0.4, -0.2) is 17.5 Å². The summed E-state index contributed by atoms with van der Waals surface area (Å²) in [7, 11) is 0. The molecule has 21 heavy (non-hydrogen) atoms. The third kappa shape index (κ3) is 4.36. The fraction of sp³-hybridized carbons (Fsp3) is 0.231. The van der Waals surface area contributed by atoms with Crippen molar-refractivity contribution in [1.29, 1.82) is 0 Å². The van der Waals surface area contributed by atoms with Gasteiger partial charge >= 0.3 is 29.4 Å². The van der Waals surface area contributed by atoms with Gasteiger partial charge in [0.05, 0.1) is 0 Å². The van der Waals surface area contributed by atoms with Crippen molar-refractivity contribution in [2.75, 3.05) is 0 Å². The van der Waals surface area contributed by atoms with E-state index in [0.717, 1.165) is 12.1 Å². The molecule has 0 heterocycles. The van der Waals surface area contributed by atoms with Crippen LogP contribution in [0.4, 0.5) is 26.3 Å². The predicted octanol–water partition coefficient (Wildman–Crippen LogP) is 4.12. The van der Waals surface area contributed by atoms with Gasteiger partial charge in [-0.3, -0.25) is 0 Å². The van der Waals surface area contributed by atoms with Crippen molar-refractivity contribution in [1.82, 2.24) is 0 Å². The topological polar surface area (TPSA) is 20.2 Å². The van der Waals surface area contributed by atoms with Gasteiger partial charge in [0, 0.05) is 0 Å². The van der Waals surface area contributed by atoms with Gasteiger partial charge in [-0.05, 0) is 0 Å². The van der Waals surface area contributed by atoms with Crippen LogP contribution in [0.5, 0.6) is 0 Å². The van der Waals surface area contributed by atoms with Gasteiger partial charge < -0.3 is 5.11 Å². The van der Waals surface area contributed by atoms with Crippen LogP contribution in [-0.2, 0) is 22.7 Å². The molecule has 0 saturated carbocycles. The molecular weight excluding hydrogens is 342 g/mol. The molecule has 0 fully saturated rings. The van der Waals surface area contributed by atoms with Crippen LogP contribution in [0.25, 0.3) is 0 Å². The van der Waals surface area contributed by atoms with E-state index in [0.29, 0.717) is 12.1 Å². The van der Waals surface area contributed by atoms with Crippen LogP contribution < -0.4 is 0 Å². The zero-order chi connectivity index (χ0) is 15.4. The molecule has 0 unspecified atom stereocenters. The minimum Gasteiger partial charge on any atom is -0.381 e. The standard InChI is InChI=1S/C8H5F6O.C5H5.Fe/c9-7(10,11)6(15,8(12,13)14)5-3-1-2-4-5;1-2-4-5-3-1;/h1-4,15H;1-5H;/q2*-1;+2. The van der Waals surface area contributed by atoms with Crippen LogP contribution in [0.3, 0.4) is 0 Å². The summed E-state index contributed by atoms with van der Waals surface area (Å²) >= 11 is 0. The maximum Gasteiger partial charge on any atom is 2.00 e. The molecule has 2 aromatic rings. The van der Waals surface area contributed by atoms with Crippen LogP contribution >= 0.6 is 0 Å². The quantitative estimate of drug-likeness (QED) is 0.465. The Morgan fingerprint density at radius 2 is 1.14 bits per heavy atom. The SMILES string of the molecule is OC([c-]1cccc1)(C(F)(F)F)C(F)(F)F.[Fe+2].c1cc[cH-]c1. The summed E-state index contributed by atoms with van der Waals surface area (Å²) in [4.78, 5) is 0. The summed E-state index contributed by atoms with van der Waals surface area (Å²) in [5, 5.41) is 8.79. The van der Waals surface area contributed by atoms with E-state index >= 15 is 0 Å². The molecular formula is C13H10F6FeO. The van der Waals surface area contributed by atoms with Crippen LogP contribution in [0.15, 0.2) is 54.6 Å². The molecule has 2 rings (SSSR count). The summed E-state index contributed by atoms with van der Waals surface area (Å²) in [6.07, 6.45) is -11.6. The first-order valence-electron chi connectivity index (χ1n) is 5.35. The van der Waals surface area contributed by atoms with E-state index in [1.807, 2.05) is 30.3 Å². The summed E-state index contributed by atoms with van der Waals surface area (Å²) < 4.78 is 73.2. The zero-order valence-electron chi connectivity index (χ0n) is 10.3. The second kappa shape index (κ2) is 7.15. The van der Waals surface area contributed by atoms with Crippen molar-refractivity contribution < 1.29 is 48.5 Å². The third-order valence-corrected chi connectivity index (χ3v) is 2.46.